The molecule has 0 aliphatic carbocycles. The van der Waals surface area contributed by atoms with E-state index in [2.05, 4.69) is 15.9 Å². The highest BCUT2D eigenvalue weighted by Crippen LogP contribution is 2.35. The fourth-order valence-corrected chi connectivity index (χ4v) is 3.00. The summed E-state index contributed by atoms with van der Waals surface area (Å²) in [6.07, 6.45) is 0. The summed E-state index contributed by atoms with van der Waals surface area (Å²) in [6.45, 7) is 0.854. The van der Waals surface area contributed by atoms with Gasteiger partial charge in [-0.2, -0.15) is 0 Å². The first kappa shape index (κ1) is 12.2. The summed E-state index contributed by atoms with van der Waals surface area (Å²) in [7, 11) is 1.65. The number of aliphatic hydroxyl groups is 1. The van der Waals surface area contributed by atoms with Crippen LogP contribution in [0.1, 0.15) is 0 Å². The predicted molar refractivity (Wildman–Crippen MR) is 67.2 cm³/mol. The third-order valence-electron chi connectivity index (χ3n) is 2.36. The van der Waals surface area contributed by atoms with Gasteiger partial charge in [-0.15, -0.1) is 11.8 Å². The number of rotatable bonds is 4. The Kier molecular flexibility index (Phi) is 3.79. The summed E-state index contributed by atoms with van der Waals surface area (Å²) >= 11 is 5.00. The molecule has 1 N–H and O–H groups in total. The van der Waals surface area contributed by atoms with Crippen molar-refractivity contribution < 1.29 is 14.6 Å². The molecule has 0 bridgehead atoms. The second kappa shape index (κ2) is 4.96. The van der Waals surface area contributed by atoms with Crippen LogP contribution in [-0.4, -0.2) is 36.8 Å². The smallest absolute Gasteiger partial charge is 0.132 e. The Morgan fingerprint density at radius 2 is 2.31 bits per heavy atom. The van der Waals surface area contributed by atoms with E-state index in [0.29, 0.717) is 19.0 Å². The van der Waals surface area contributed by atoms with Gasteiger partial charge in [-0.25, -0.2) is 0 Å². The van der Waals surface area contributed by atoms with Gasteiger partial charge in [-0.05, 0) is 18.2 Å². The SMILES string of the molecule is COc1ccc(Br)cc1SCC1(O)COC1. The third-order valence-corrected chi connectivity index (χ3v) is 4.17. The quantitative estimate of drug-likeness (QED) is 0.867. The van der Waals surface area contributed by atoms with Crippen molar-refractivity contribution in [2.75, 3.05) is 26.1 Å². The van der Waals surface area contributed by atoms with E-state index < -0.39 is 5.60 Å². The first-order valence-corrected chi connectivity index (χ1v) is 6.67. The van der Waals surface area contributed by atoms with E-state index in [0.717, 1.165) is 15.1 Å². The van der Waals surface area contributed by atoms with Crippen LogP contribution >= 0.6 is 27.7 Å². The van der Waals surface area contributed by atoms with Crippen LogP contribution in [0.15, 0.2) is 27.6 Å². The molecular formula is C11H13BrO3S. The average Bonchev–Trinajstić information content (AvgIpc) is 2.24. The summed E-state index contributed by atoms with van der Waals surface area (Å²) in [6, 6.07) is 5.84. The van der Waals surface area contributed by atoms with E-state index >= 15 is 0 Å². The Labute approximate surface area is 107 Å². The molecule has 3 nitrogen and oxygen atoms in total. The lowest BCUT2D eigenvalue weighted by Crippen LogP contribution is -2.51. The number of halogens is 1. The molecule has 0 amide bonds. The number of benzene rings is 1. The molecule has 0 aromatic heterocycles. The van der Waals surface area contributed by atoms with Crippen molar-refractivity contribution in [1.82, 2.24) is 0 Å². The Hall–Kier alpha value is -0.230. The van der Waals surface area contributed by atoms with Gasteiger partial charge in [0.1, 0.15) is 11.4 Å². The second-order valence-corrected chi connectivity index (χ2v) is 5.73. The third kappa shape index (κ3) is 2.71. The van der Waals surface area contributed by atoms with Crippen LogP contribution in [0.3, 0.4) is 0 Å². The Balaban J connectivity index is 2.04. The van der Waals surface area contributed by atoms with E-state index in [1.54, 1.807) is 18.9 Å². The lowest BCUT2D eigenvalue weighted by Gasteiger charge is -2.36. The number of ether oxygens (including phenoxy) is 2. The van der Waals surface area contributed by atoms with Crippen molar-refractivity contribution in [2.45, 2.75) is 10.5 Å². The number of hydrogen-bond acceptors (Lipinski definition) is 4. The molecule has 1 aromatic carbocycles. The van der Waals surface area contributed by atoms with E-state index in [-0.39, 0.29) is 0 Å². The minimum Gasteiger partial charge on any atom is -0.496 e. The lowest BCUT2D eigenvalue weighted by atomic mass is 10.1. The van der Waals surface area contributed by atoms with Crippen LogP contribution in [0, 0.1) is 0 Å². The molecule has 2 rings (SSSR count). The summed E-state index contributed by atoms with van der Waals surface area (Å²) < 4.78 is 11.3. The normalized spacial score (nSPS) is 17.9. The standard InChI is InChI=1S/C11H13BrO3S/c1-14-9-3-2-8(12)4-10(9)16-7-11(13)5-15-6-11/h2-4,13H,5-7H2,1H3. The van der Waals surface area contributed by atoms with Crippen molar-refractivity contribution in [3.63, 3.8) is 0 Å². The highest BCUT2D eigenvalue weighted by Gasteiger charge is 2.36. The van der Waals surface area contributed by atoms with Crippen LogP contribution in [0.4, 0.5) is 0 Å². The zero-order chi connectivity index (χ0) is 11.6. The summed E-state index contributed by atoms with van der Waals surface area (Å²) in [5, 5.41) is 9.91. The molecule has 0 atom stereocenters. The molecule has 0 radical (unpaired) electrons. The highest BCUT2D eigenvalue weighted by atomic mass is 79.9. The van der Waals surface area contributed by atoms with Gasteiger partial charge in [-0.1, -0.05) is 15.9 Å². The summed E-state index contributed by atoms with van der Waals surface area (Å²) in [5.41, 5.74) is -0.669. The van der Waals surface area contributed by atoms with Crippen molar-refractivity contribution in [1.29, 1.82) is 0 Å². The van der Waals surface area contributed by atoms with Gasteiger partial charge in [-0.3, -0.25) is 0 Å². The van der Waals surface area contributed by atoms with Gasteiger partial charge in [0.15, 0.2) is 0 Å². The van der Waals surface area contributed by atoms with Crippen molar-refractivity contribution in [3.8, 4) is 5.75 Å². The van der Waals surface area contributed by atoms with Crippen LogP contribution in [0.25, 0.3) is 0 Å². The van der Waals surface area contributed by atoms with Crippen LogP contribution in [-0.2, 0) is 4.74 Å². The van der Waals surface area contributed by atoms with E-state index in [9.17, 15) is 5.11 Å². The highest BCUT2D eigenvalue weighted by molar-refractivity contribution is 9.10. The maximum Gasteiger partial charge on any atom is 0.132 e. The molecule has 0 unspecified atom stereocenters. The minimum absolute atomic E-state index is 0.427. The minimum atomic E-state index is -0.669. The van der Waals surface area contributed by atoms with Gasteiger partial charge in [0.2, 0.25) is 0 Å². The molecule has 1 aliphatic rings. The van der Waals surface area contributed by atoms with Crippen LogP contribution in [0.2, 0.25) is 0 Å². The van der Waals surface area contributed by atoms with Crippen molar-refractivity contribution in [3.05, 3.63) is 22.7 Å². The molecule has 1 fully saturated rings. The summed E-state index contributed by atoms with van der Waals surface area (Å²) in [5.74, 6) is 1.46. The van der Waals surface area contributed by atoms with Gasteiger partial charge in [0.05, 0.1) is 25.2 Å². The number of methoxy groups -OCH3 is 1. The molecule has 88 valence electrons. The molecule has 1 saturated heterocycles. The van der Waals surface area contributed by atoms with Crippen molar-refractivity contribution in [2.24, 2.45) is 0 Å². The lowest BCUT2D eigenvalue weighted by molar-refractivity contribution is -0.162. The number of hydrogen-bond donors (Lipinski definition) is 1. The average molecular weight is 305 g/mol. The van der Waals surface area contributed by atoms with E-state index in [1.807, 2.05) is 18.2 Å². The van der Waals surface area contributed by atoms with Crippen molar-refractivity contribution >= 4 is 27.7 Å². The Bertz CT molecular complexity index is 379. The zero-order valence-electron chi connectivity index (χ0n) is 8.90. The van der Waals surface area contributed by atoms with Gasteiger partial charge >= 0.3 is 0 Å². The molecule has 16 heavy (non-hydrogen) atoms. The van der Waals surface area contributed by atoms with E-state index in [4.69, 9.17) is 9.47 Å². The van der Waals surface area contributed by atoms with Gasteiger partial charge < -0.3 is 14.6 Å². The summed E-state index contributed by atoms with van der Waals surface area (Å²) in [4.78, 5) is 1.03. The fourth-order valence-electron chi connectivity index (χ4n) is 1.40. The maximum absolute atomic E-state index is 9.91. The topological polar surface area (TPSA) is 38.7 Å². The Morgan fingerprint density at radius 3 is 2.88 bits per heavy atom. The monoisotopic (exact) mass is 304 g/mol. The molecule has 0 saturated carbocycles. The molecule has 5 heteroatoms. The molecular weight excluding hydrogens is 292 g/mol. The largest absolute Gasteiger partial charge is 0.496 e. The van der Waals surface area contributed by atoms with Gasteiger partial charge in [0, 0.05) is 10.2 Å². The molecule has 0 spiro atoms. The molecule has 1 aliphatic heterocycles. The first-order valence-electron chi connectivity index (χ1n) is 4.89. The Morgan fingerprint density at radius 1 is 1.56 bits per heavy atom. The molecule has 1 heterocycles. The van der Waals surface area contributed by atoms with Gasteiger partial charge in [0.25, 0.3) is 0 Å². The first-order chi connectivity index (χ1) is 7.63. The fraction of sp³-hybridized carbons (Fsp3) is 0.455. The molecule has 1 aromatic rings. The van der Waals surface area contributed by atoms with Crippen LogP contribution < -0.4 is 4.74 Å². The zero-order valence-corrected chi connectivity index (χ0v) is 11.3. The van der Waals surface area contributed by atoms with Crippen LogP contribution in [0.5, 0.6) is 5.75 Å². The number of thioether (sulfide) groups is 1. The predicted octanol–water partition coefficient (Wildman–Crippen LogP) is 2.31. The van der Waals surface area contributed by atoms with E-state index in [1.165, 1.54) is 0 Å². The maximum atomic E-state index is 9.91. The second-order valence-electron chi connectivity index (χ2n) is 3.80.